The number of rotatable bonds is 6. The van der Waals surface area contributed by atoms with E-state index in [-0.39, 0.29) is 12.3 Å². The third-order valence-electron chi connectivity index (χ3n) is 5.20. The standard InChI is InChI=1S/C23H22N2O5/c1-24-23(28)16-6-3-7-18(8-16)25-21(26)13-30-22(27)11-17-12-29-20-10-15-5-2-4-14(15)9-19(17)20/h3,6-10,12H,2,4-5,11,13H2,1H3,(H,24,28)(H,25,26). The third kappa shape index (κ3) is 4.20. The van der Waals surface area contributed by atoms with Crippen molar-refractivity contribution < 1.29 is 23.5 Å². The summed E-state index contributed by atoms with van der Waals surface area (Å²) in [5.41, 5.74) is 5.01. The quantitative estimate of drug-likeness (QED) is 0.614. The van der Waals surface area contributed by atoms with Crippen LogP contribution in [0.3, 0.4) is 0 Å². The molecule has 1 aliphatic rings. The summed E-state index contributed by atoms with van der Waals surface area (Å²) < 4.78 is 10.7. The lowest BCUT2D eigenvalue weighted by molar-refractivity contribution is -0.146. The van der Waals surface area contributed by atoms with Crippen LogP contribution >= 0.6 is 0 Å². The number of hydrogen-bond donors (Lipinski definition) is 2. The minimum absolute atomic E-state index is 0.0330. The van der Waals surface area contributed by atoms with Gasteiger partial charge in [0.05, 0.1) is 12.7 Å². The Morgan fingerprint density at radius 2 is 1.90 bits per heavy atom. The van der Waals surface area contributed by atoms with E-state index >= 15 is 0 Å². The molecule has 2 aromatic carbocycles. The number of furan rings is 1. The number of benzene rings is 2. The van der Waals surface area contributed by atoms with Gasteiger partial charge in [0.2, 0.25) is 0 Å². The maximum atomic E-state index is 12.2. The molecule has 30 heavy (non-hydrogen) atoms. The Hall–Kier alpha value is -3.61. The van der Waals surface area contributed by atoms with Crippen molar-refractivity contribution in [1.82, 2.24) is 5.32 Å². The van der Waals surface area contributed by atoms with E-state index in [1.165, 1.54) is 18.2 Å². The number of hydrogen-bond acceptors (Lipinski definition) is 5. The zero-order valence-electron chi connectivity index (χ0n) is 16.6. The van der Waals surface area contributed by atoms with Gasteiger partial charge in [0, 0.05) is 29.2 Å². The van der Waals surface area contributed by atoms with Gasteiger partial charge in [-0.1, -0.05) is 6.07 Å². The fourth-order valence-corrected chi connectivity index (χ4v) is 3.72. The molecule has 3 aromatic rings. The predicted molar refractivity (Wildman–Crippen MR) is 111 cm³/mol. The van der Waals surface area contributed by atoms with Crippen molar-refractivity contribution in [2.45, 2.75) is 25.7 Å². The molecule has 1 aromatic heterocycles. The van der Waals surface area contributed by atoms with Crippen LogP contribution in [0, 0.1) is 0 Å². The average Bonchev–Trinajstić information content (AvgIpc) is 3.36. The molecule has 0 spiro atoms. The highest BCUT2D eigenvalue weighted by Crippen LogP contribution is 2.30. The minimum Gasteiger partial charge on any atom is -0.464 e. The largest absolute Gasteiger partial charge is 0.464 e. The molecule has 0 fully saturated rings. The lowest BCUT2D eigenvalue weighted by Crippen LogP contribution is -2.22. The summed E-state index contributed by atoms with van der Waals surface area (Å²) in [7, 11) is 1.53. The van der Waals surface area contributed by atoms with E-state index in [1.54, 1.807) is 30.5 Å². The molecule has 0 radical (unpaired) electrons. The molecule has 0 saturated heterocycles. The van der Waals surface area contributed by atoms with Crippen molar-refractivity contribution in [1.29, 1.82) is 0 Å². The molecule has 154 valence electrons. The molecule has 0 unspecified atom stereocenters. The molecule has 0 aliphatic heterocycles. The molecule has 1 aliphatic carbocycles. The predicted octanol–water partition coefficient (Wildman–Crippen LogP) is 3.01. The average molecular weight is 406 g/mol. The van der Waals surface area contributed by atoms with Gasteiger partial charge in [0.25, 0.3) is 11.8 Å². The molecular weight excluding hydrogens is 384 g/mol. The number of aryl methyl sites for hydroxylation is 2. The summed E-state index contributed by atoms with van der Waals surface area (Å²) in [6, 6.07) is 10.6. The fraction of sp³-hybridized carbons (Fsp3) is 0.261. The molecule has 7 nitrogen and oxygen atoms in total. The Morgan fingerprint density at radius 1 is 1.10 bits per heavy atom. The highest BCUT2D eigenvalue weighted by Gasteiger charge is 2.17. The smallest absolute Gasteiger partial charge is 0.310 e. The summed E-state index contributed by atoms with van der Waals surface area (Å²) in [5, 5.41) is 6.06. The van der Waals surface area contributed by atoms with Crippen molar-refractivity contribution >= 4 is 34.4 Å². The maximum Gasteiger partial charge on any atom is 0.310 e. The topological polar surface area (TPSA) is 97.6 Å². The van der Waals surface area contributed by atoms with Crippen LogP contribution in [0.15, 0.2) is 47.1 Å². The van der Waals surface area contributed by atoms with Crippen LogP contribution < -0.4 is 10.6 Å². The van der Waals surface area contributed by atoms with E-state index in [2.05, 4.69) is 16.7 Å². The lowest BCUT2D eigenvalue weighted by atomic mass is 10.0. The number of amides is 2. The third-order valence-corrected chi connectivity index (χ3v) is 5.20. The number of ether oxygens (including phenoxy) is 1. The Bertz CT molecular complexity index is 1130. The molecule has 1 heterocycles. The highest BCUT2D eigenvalue weighted by molar-refractivity contribution is 5.97. The van der Waals surface area contributed by atoms with E-state index in [1.807, 2.05) is 6.07 Å². The van der Waals surface area contributed by atoms with Gasteiger partial charge in [-0.25, -0.2) is 0 Å². The lowest BCUT2D eigenvalue weighted by Gasteiger charge is -2.08. The van der Waals surface area contributed by atoms with Crippen LogP contribution in [0.2, 0.25) is 0 Å². The van der Waals surface area contributed by atoms with Gasteiger partial charge in [-0.05, 0) is 60.7 Å². The van der Waals surface area contributed by atoms with Crippen molar-refractivity contribution in [2.24, 2.45) is 0 Å². The SMILES string of the molecule is CNC(=O)c1cccc(NC(=O)COC(=O)Cc2coc3cc4c(cc23)CCC4)c1. The molecule has 4 rings (SSSR count). The number of anilines is 1. The van der Waals surface area contributed by atoms with Crippen molar-refractivity contribution in [3.63, 3.8) is 0 Å². The molecule has 7 heteroatoms. The van der Waals surface area contributed by atoms with Gasteiger partial charge >= 0.3 is 5.97 Å². The summed E-state index contributed by atoms with van der Waals surface area (Å²) >= 11 is 0. The second-order valence-electron chi connectivity index (χ2n) is 7.28. The van der Waals surface area contributed by atoms with Crippen LogP contribution in [-0.4, -0.2) is 31.4 Å². The van der Waals surface area contributed by atoms with Crippen LogP contribution in [0.5, 0.6) is 0 Å². The van der Waals surface area contributed by atoms with Gasteiger partial charge in [-0.3, -0.25) is 14.4 Å². The van der Waals surface area contributed by atoms with Gasteiger partial charge in [0.1, 0.15) is 5.58 Å². The van der Waals surface area contributed by atoms with Gasteiger partial charge in [-0.15, -0.1) is 0 Å². The number of esters is 1. The Labute approximate surface area is 173 Å². The monoisotopic (exact) mass is 406 g/mol. The van der Waals surface area contributed by atoms with E-state index in [0.29, 0.717) is 11.3 Å². The number of carbonyl (C=O) groups is 3. The molecule has 0 atom stereocenters. The minimum atomic E-state index is -0.507. The molecule has 2 amide bonds. The second kappa shape index (κ2) is 8.41. The molecule has 2 N–H and O–H groups in total. The summed E-state index contributed by atoms with van der Waals surface area (Å²) in [6.45, 7) is -0.409. The van der Waals surface area contributed by atoms with Gasteiger partial charge < -0.3 is 19.8 Å². The number of nitrogens with one attached hydrogen (secondary N) is 2. The van der Waals surface area contributed by atoms with Crippen LogP contribution in [-0.2, 0) is 33.6 Å². The van der Waals surface area contributed by atoms with Crippen LogP contribution in [0.1, 0.15) is 33.5 Å². The Kier molecular flexibility index (Phi) is 5.52. The van der Waals surface area contributed by atoms with Gasteiger partial charge in [0.15, 0.2) is 6.61 Å². The van der Waals surface area contributed by atoms with Crippen molar-refractivity contribution in [2.75, 3.05) is 19.0 Å². The van der Waals surface area contributed by atoms with Crippen molar-refractivity contribution in [3.05, 3.63) is 64.9 Å². The van der Waals surface area contributed by atoms with E-state index in [9.17, 15) is 14.4 Å². The van der Waals surface area contributed by atoms with Gasteiger partial charge in [-0.2, -0.15) is 0 Å². The first-order valence-corrected chi connectivity index (χ1v) is 9.83. The summed E-state index contributed by atoms with van der Waals surface area (Å²) in [5.74, 6) is -1.24. The number of fused-ring (bicyclic) bond motifs is 2. The zero-order chi connectivity index (χ0) is 21.1. The first-order chi connectivity index (χ1) is 14.5. The van der Waals surface area contributed by atoms with Crippen molar-refractivity contribution in [3.8, 4) is 0 Å². The van der Waals surface area contributed by atoms with Crippen LogP contribution in [0.25, 0.3) is 11.0 Å². The van der Waals surface area contributed by atoms with Crippen LogP contribution in [0.4, 0.5) is 5.69 Å². The van der Waals surface area contributed by atoms with E-state index in [4.69, 9.17) is 9.15 Å². The summed E-state index contributed by atoms with van der Waals surface area (Å²) in [6.07, 6.45) is 4.85. The first-order valence-electron chi connectivity index (χ1n) is 9.83. The Balaban J connectivity index is 1.33. The highest BCUT2D eigenvalue weighted by atomic mass is 16.5. The molecule has 0 bridgehead atoms. The zero-order valence-corrected chi connectivity index (χ0v) is 16.6. The Morgan fingerprint density at radius 3 is 2.70 bits per heavy atom. The molecular formula is C23H22N2O5. The first kappa shape index (κ1) is 19.7. The molecule has 0 saturated carbocycles. The second-order valence-corrected chi connectivity index (χ2v) is 7.28. The van der Waals surface area contributed by atoms with E-state index in [0.717, 1.165) is 35.8 Å². The fourth-order valence-electron chi connectivity index (χ4n) is 3.72. The number of carbonyl (C=O) groups excluding carboxylic acids is 3. The normalized spacial score (nSPS) is 12.4. The maximum absolute atomic E-state index is 12.2. The van der Waals surface area contributed by atoms with E-state index < -0.39 is 18.5 Å². The summed E-state index contributed by atoms with van der Waals surface area (Å²) in [4.78, 5) is 36.0.